The highest BCUT2D eigenvalue weighted by Crippen LogP contribution is 2.16. The predicted molar refractivity (Wildman–Crippen MR) is 106 cm³/mol. The summed E-state index contributed by atoms with van der Waals surface area (Å²) in [6.07, 6.45) is 1.04. The highest BCUT2D eigenvalue weighted by Gasteiger charge is 2.18. The average Bonchev–Trinajstić information content (AvgIpc) is 2.60. The fourth-order valence-electron chi connectivity index (χ4n) is 2.16. The summed E-state index contributed by atoms with van der Waals surface area (Å²) in [5.41, 5.74) is 1.84. The van der Waals surface area contributed by atoms with Crippen molar-refractivity contribution in [3.05, 3.63) is 29.8 Å². The van der Waals surface area contributed by atoms with E-state index in [-0.39, 0.29) is 24.1 Å². The zero-order valence-electron chi connectivity index (χ0n) is 16.7. The lowest BCUT2D eigenvalue weighted by Crippen LogP contribution is -2.50. The van der Waals surface area contributed by atoms with E-state index < -0.39 is 6.17 Å². The van der Waals surface area contributed by atoms with Gasteiger partial charge in [0.1, 0.15) is 6.17 Å². The van der Waals surface area contributed by atoms with Crippen molar-refractivity contribution in [3.63, 3.8) is 0 Å². The van der Waals surface area contributed by atoms with E-state index in [4.69, 9.17) is 0 Å². The number of rotatable bonds is 8. The fraction of sp³-hybridized carbons (Fsp3) is 0.579. The molecule has 0 heterocycles. The highest BCUT2D eigenvalue weighted by atomic mass is 16.2. The largest absolute Gasteiger partial charge is 0.378 e. The summed E-state index contributed by atoms with van der Waals surface area (Å²) in [4.78, 5) is 26.4. The minimum Gasteiger partial charge on any atom is -0.378 e. The Morgan fingerprint density at radius 1 is 0.846 bits per heavy atom. The lowest BCUT2D eigenvalue weighted by Gasteiger charge is -2.24. The van der Waals surface area contributed by atoms with Crippen LogP contribution in [0.1, 0.15) is 52.3 Å². The van der Waals surface area contributed by atoms with E-state index in [1.54, 1.807) is 0 Å². The minimum atomic E-state index is -0.626. The van der Waals surface area contributed by atoms with Gasteiger partial charge in [-0.25, -0.2) is 9.59 Å². The minimum absolute atomic E-state index is 0.0562. The summed E-state index contributed by atoms with van der Waals surface area (Å²) in [5, 5.41) is 11.4. The maximum Gasteiger partial charge on any atom is 0.316 e. The molecular formula is C19H33N5O2. The standard InChI is InChI=1S/C19H33N5O2/c1-7-13(3)20-18(25)22-17(23-19(26)21-14(4)8-2)15-9-11-16(12-10-15)24(5)6/h9-14,17H,7-8H2,1-6H3,(H2,20,22,25)(H2,21,23,26). The molecule has 1 rings (SSSR count). The van der Waals surface area contributed by atoms with Crippen LogP contribution in [0.3, 0.4) is 0 Å². The lowest BCUT2D eigenvalue weighted by atomic mass is 10.1. The van der Waals surface area contributed by atoms with Gasteiger partial charge in [0, 0.05) is 31.9 Å². The van der Waals surface area contributed by atoms with Gasteiger partial charge in [0.15, 0.2) is 0 Å². The molecule has 0 spiro atoms. The van der Waals surface area contributed by atoms with E-state index in [2.05, 4.69) is 21.3 Å². The first-order valence-electron chi connectivity index (χ1n) is 9.18. The van der Waals surface area contributed by atoms with E-state index in [0.29, 0.717) is 0 Å². The zero-order chi connectivity index (χ0) is 19.7. The molecular weight excluding hydrogens is 330 g/mol. The number of carbonyl (C=O) groups is 2. The molecule has 4 N–H and O–H groups in total. The molecule has 1 aromatic carbocycles. The predicted octanol–water partition coefficient (Wildman–Crippen LogP) is 2.95. The molecule has 0 bridgehead atoms. The Labute approximate surface area is 156 Å². The maximum atomic E-state index is 12.2. The molecule has 4 amide bonds. The Morgan fingerprint density at radius 3 is 1.62 bits per heavy atom. The van der Waals surface area contributed by atoms with Crippen LogP contribution < -0.4 is 26.2 Å². The van der Waals surface area contributed by atoms with Gasteiger partial charge in [-0.2, -0.15) is 0 Å². The van der Waals surface area contributed by atoms with Crippen LogP contribution in [-0.2, 0) is 0 Å². The smallest absolute Gasteiger partial charge is 0.316 e. The van der Waals surface area contributed by atoms with Gasteiger partial charge in [-0.1, -0.05) is 26.0 Å². The first-order chi connectivity index (χ1) is 12.3. The molecule has 0 radical (unpaired) electrons. The molecule has 0 aromatic heterocycles. The Morgan fingerprint density at radius 2 is 1.27 bits per heavy atom. The molecule has 7 nitrogen and oxygen atoms in total. The molecule has 2 unspecified atom stereocenters. The van der Waals surface area contributed by atoms with Crippen molar-refractivity contribution in [2.45, 2.75) is 58.8 Å². The second-order valence-electron chi connectivity index (χ2n) is 6.77. The molecule has 0 saturated heterocycles. The van der Waals surface area contributed by atoms with Crippen LogP contribution in [0, 0.1) is 0 Å². The summed E-state index contributed by atoms with van der Waals surface area (Å²) < 4.78 is 0. The van der Waals surface area contributed by atoms with Crippen molar-refractivity contribution in [1.82, 2.24) is 21.3 Å². The summed E-state index contributed by atoms with van der Waals surface area (Å²) in [6, 6.07) is 7.17. The molecule has 26 heavy (non-hydrogen) atoms. The Balaban J connectivity index is 2.89. The molecule has 0 aliphatic rings. The van der Waals surface area contributed by atoms with Gasteiger partial charge < -0.3 is 26.2 Å². The third kappa shape index (κ3) is 7.21. The number of anilines is 1. The fourth-order valence-corrected chi connectivity index (χ4v) is 2.16. The van der Waals surface area contributed by atoms with E-state index in [1.165, 1.54) is 0 Å². The van der Waals surface area contributed by atoms with Gasteiger partial charge in [-0.05, 0) is 44.4 Å². The van der Waals surface area contributed by atoms with Gasteiger partial charge >= 0.3 is 12.1 Å². The van der Waals surface area contributed by atoms with Crippen LogP contribution in [-0.4, -0.2) is 38.2 Å². The average molecular weight is 364 g/mol. The highest BCUT2D eigenvalue weighted by molar-refractivity contribution is 5.78. The number of benzene rings is 1. The Hall–Kier alpha value is -2.44. The SMILES string of the molecule is CCC(C)NC(=O)NC(NC(=O)NC(C)CC)c1ccc(N(C)C)cc1. The molecule has 0 saturated carbocycles. The van der Waals surface area contributed by atoms with E-state index in [9.17, 15) is 9.59 Å². The molecule has 2 atom stereocenters. The van der Waals surface area contributed by atoms with Crippen molar-refractivity contribution < 1.29 is 9.59 Å². The molecule has 146 valence electrons. The number of nitrogens with one attached hydrogen (secondary N) is 4. The number of amides is 4. The van der Waals surface area contributed by atoms with Gasteiger partial charge in [0.2, 0.25) is 0 Å². The van der Waals surface area contributed by atoms with Gasteiger partial charge in [0.05, 0.1) is 0 Å². The quantitative estimate of drug-likeness (QED) is 0.536. The van der Waals surface area contributed by atoms with Crippen LogP contribution in [0.25, 0.3) is 0 Å². The van der Waals surface area contributed by atoms with Crippen LogP contribution in [0.2, 0.25) is 0 Å². The van der Waals surface area contributed by atoms with Gasteiger partial charge in [-0.3, -0.25) is 0 Å². The number of urea groups is 2. The Kier molecular flexibility index (Phi) is 8.75. The van der Waals surface area contributed by atoms with E-state index >= 15 is 0 Å². The maximum absolute atomic E-state index is 12.2. The first kappa shape index (κ1) is 21.6. The third-order valence-corrected chi connectivity index (χ3v) is 4.27. The second-order valence-corrected chi connectivity index (χ2v) is 6.77. The molecule has 0 fully saturated rings. The van der Waals surface area contributed by atoms with E-state index in [0.717, 1.165) is 24.1 Å². The first-order valence-corrected chi connectivity index (χ1v) is 9.18. The summed E-state index contributed by atoms with van der Waals surface area (Å²) in [6.45, 7) is 7.87. The van der Waals surface area contributed by atoms with Crippen molar-refractivity contribution in [3.8, 4) is 0 Å². The molecule has 0 aliphatic heterocycles. The summed E-state index contributed by atoms with van der Waals surface area (Å²) >= 11 is 0. The molecule has 0 aliphatic carbocycles. The van der Waals surface area contributed by atoms with Crippen molar-refractivity contribution in [2.75, 3.05) is 19.0 Å². The van der Waals surface area contributed by atoms with E-state index in [1.807, 2.05) is 71.0 Å². The number of hydrogen-bond acceptors (Lipinski definition) is 3. The van der Waals surface area contributed by atoms with Crippen LogP contribution in [0.4, 0.5) is 15.3 Å². The number of carbonyl (C=O) groups excluding carboxylic acids is 2. The number of hydrogen-bond donors (Lipinski definition) is 4. The van der Waals surface area contributed by atoms with Crippen molar-refractivity contribution in [2.24, 2.45) is 0 Å². The molecule has 7 heteroatoms. The lowest BCUT2D eigenvalue weighted by molar-refractivity contribution is 0.222. The van der Waals surface area contributed by atoms with Crippen LogP contribution >= 0.6 is 0 Å². The summed E-state index contributed by atoms with van der Waals surface area (Å²) in [7, 11) is 3.92. The van der Waals surface area contributed by atoms with Crippen LogP contribution in [0.5, 0.6) is 0 Å². The molecule has 1 aromatic rings. The second kappa shape index (κ2) is 10.5. The van der Waals surface area contributed by atoms with Crippen molar-refractivity contribution >= 4 is 17.7 Å². The summed E-state index contributed by atoms with van der Waals surface area (Å²) in [5.74, 6) is 0. The monoisotopic (exact) mass is 363 g/mol. The van der Waals surface area contributed by atoms with Crippen molar-refractivity contribution in [1.29, 1.82) is 0 Å². The zero-order valence-corrected chi connectivity index (χ0v) is 16.7. The van der Waals surface area contributed by atoms with Gasteiger partial charge in [0.25, 0.3) is 0 Å². The Bertz CT molecular complexity index is 548. The number of nitrogens with zero attached hydrogens (tertiary/aromatic N) is 1. The van der Waals surface area contributed by atoms with Gasteiger partial charge in [-0.15, -0.1) is 0 Å². The topological polar surface area (TPSA) is 85.5 Å². The third-order valence-electron chi connectivity index (χ3n) is 4.27. The van der Waals surface area contributed by atoms with Crippen LogP contribution in [0.15, 0.2) is 24.3 Å². The normalized spacial score (nSPS) is 13.9.